The quantitative estimate of drug-likeness (QED) is 0.779. The first-order valence-corrected chi connectivity index (χ1v) is 8.01. The molecule has 106 valence electrons. The smallest absolute Gasteiger partial charge is 0.230 e. The van der Waals surface area contributed by atoms with Gasteiger partial charge in [-0.25, -0.2) is 0 Å². The van der Waals surface area contributed by atoms with Gasteiger partial charge in [0.05, 0.1) is 5.75 Å². The van der Waals surface area contributed by atoms with E-state index in [0.29, 0.717) is 12.2 Å². The van der Waals surface area contributed by atoms with Crippen LogP contribution in [0.2, 0.25) is 0 Å². The van der Waals surface area contributed by atoms with Gasteiger partial charge in [0, 0.05) is 22.0 Å². The van der Waals surface area contributed by atoms with Gasteiger partial charge in [0.25, 0.3) is 0 Å². The Kier molecular flexibility index (Phi) is 6.89. The molecule has 19 heavy (non-hydrogen) atoms. The van der Waals surface area contributed by atoms with Gasteiger partial charge >= 0.3 is 0 Å². The lowest BCUT2D eigenvalue weighted by Crippen LogP contribution is -2.34. The third kappa shape index (κ3) is 5.55. The Hall–Kier alpha value is -0.520. The first-order valence-electron chi connectivity index (χ1n) is 6.23. The summed E-state index contributed by atoms with van der Waals surface area (Å²) in [5.74, 6) is 0.406. The minimum Gasteiger partial charge on any atom is -0.396 e. The van der Waals surface area contributed by atoms with Crippen molar-refractivity contribution in [3.05, 3.63) is 27.7 Å². The Morgan fingerprint density at radius 2 is 2.11 bits per heavy atom. The summed E-state index contributed by atoms with van der Waals surface area (Å²) in [6.07, 6.45) is 0.590. The molecular weight excluding hydrogens is 326 g/mol. The van der Waals surface area contributed by atoms with Gasteiger partial charge in [0.1, 0.15) is 0 Å². The number of amides is 1. The highest BCUT2D eigenvalue weighted by Gasteiger charge is 2.09. The Morgan fingerprint density at radius 3 is 2.74 bits per heavy atom. The summed E-state index contributed by atoms with van der Waals surface area (Å²) in [4.78, 5) is 12.9. The summed E-state index contributed by atoms with van der Waals surface area (Å²) in [5.41, 5.74) is 2.33. The molecule has 5 heteroatoms. The fourth-order valence-corrected chi connectivity index (χ4v) is 3.01. The zero-order valence-corrected chi connectivity index (χ0v) is 13.9. The fourth-order valence-electron chi connectivity index (χ4n) is 1.64. The van der Waals surface area contributed by atoms with Crippen molar-refractivity contribution < 1.29 is 9.90 Å². The number of hydrogen-bond acceptors (Lipinski definition) is 3. The summed E-state index contributed by atoms with van der Waals surface area (Å²) in [6, 6.07) is 4.18. The molecule has 1 aromatic carbocycles. The van der Waals surface area contributed by atoms with Crippen LogP contribution in [0.5, 0.6) is 0 Å². The van der Waals surface area contributed by atoms with Crippen LogP contribution in [0.1, 0.15) is 24.5 Å². The van der Waals surface area contributed by atoms with Crippen LogP contribution in [0.15, 0.2) is 21.5 Å². The summed E-state index contributed by atoms with van der Waals surface area (Å²) in [5, 5.41) is 11.7. The number of thioether (sulfide) groups is 1. The maximum atomic E-state index is 11.7. The zero-order valence-electron chi connectivity index (χ0n) is 11.5. The van der Waals surface area contributed by atoms with Crippen molar-refractivity contribution in [1.82, 2.24) is 5.32 Å². The lowest BCUT2D eigenvalue weighted by molar-refractivity contribution is -0.119. The van der Waals surface area contributed by atoms with E-state index in [0.717, 1.165) is 9.37 Å². The molecule has 0 aliphatic rings. The largest absolute Gasteiger partial charge is 0.396 e. The van der Waals surface area contributed by atoms with Gasteiger partial charge < -0.3 is 10.4 Å². The second kappa shape index (κ2) is 7.92. The van der Waals surface area contributed by atoms with Gasteiger partial charge in [-0.3, -0.25) is 4.79 Å². The van der Waals surface area contributed by atoms with Crippen LogP contribution in [0.4, 0.5) is 0 Å². The van der Waals surface area contributed by atoms with E-state index in [-0.39, 0.29) is 18.6 Å². The van der Waals surface area contributed by atoms with E-state index >= 15 is 0 Å². The van der Waals surface area contributed by atoms with E-state index in [1.807, 2.05) is 20.8 Å². The van der Waals surface area contributed by atoms with Crippen molar-refractivity contribution in [3.8, 4) is 0 Å². The van der Waals surface area contributed by atoms with Crippen LogP contribution in [-0.2, 0) is 4.79 Å². The van der Waals surface area contributed by atoms with Crippen LogP contribution >= 0.6 is 27.7 Å². The van der Waals surface area contributed by atoms with Crippen LogP contribution in [0.25, 0.3) is 0 Å². The number of carbonyl (C=O) groups excluding carboxylic acids is 1. The summed E-state index contributed by atoms with van der Waals surface area (Å²) < 4.78 is 1.09. The molecule has 0 heterocycles. The van der Waals surface area contributed by atoms with Crippen molar-refractivity contribution in [2.45, 2.75) is 38.1 Å². The SMILES string of the molecule is Cc1cc(SCC(=O)NC(C)CCO)c(C)cc1Br. The Labute approximate surface area is 127 Å². The molecule has 2 N–H and O–H groups in total. The third-order valence-electron chi connectivity index (χ3n) is 2.78. The average Bonchev–Trinajstić information content (AvgIpc) is 2.32. The number of carbonyl (C=O) groups is 1. The summed E-state index contributed by atoms with van der Waals surface area (Å²) in [7, 11) is 0. The molecule has 0 spiro atoms. The lowest BCUT2D eigenvalue weighted by atomic mass is 10.2. The standard InChI is InChI=1S/C14H20BrNO2S/c1-9-7-13(10(2)6-12(9)15)19-8-14(18)16-11(3)4-5-17/h6-7,11,17H,4-5,8H2,1-3H3,(H,16,18). The third-order valence-corrected chi connectivity index (χ3v) is 4.80. The van der Waals surface area contributed by atoms with Crippen molar-refractivity contribution >= 4 is 33.6 Å². The van der Waals surface area contributed by atoms with Gasteiger partial charge in [-0.05, 0) is 50.5 Å². The average molecular weight is 346 g/mol. The van der Waals surface area contributed by atoms with Gasteiger partial charge in [0.15, 0.2) is 0 Å². The molecule has 3 nitrogen and oxygen atoms in total. The molecule has 0 aliphatic carbocycles. The molecule has 1 amide bonds. The van der Waals surface area contributed by atoms with Crippen LogP contribution < -0.4 is 5.32 Å². The normalized spacial score (nSPS) is 12.3. The van der Waals surface area contributed by atoms with Crippen molar-refractivity contribution in [2.75, 3.05) is 12.4 Å². The van der Waals surface area contributed by atoms with E-state index in [4.69, 9.17) is 5.11 Å². The number of halogens is 1. The molecule has 0 aliphatic heterocycles. The number of nitrogens with one attached hydrogen (secondary N) is 1. The van der Waals surface area contributed by atoms with Gasteiger partial charge in [-0.1, -0.05) is 15.9 Å². The summed E-state index contributed by atoms with van der Waals surface area (Å²) >= 11 is 5.04. The topological polar surface area (TPSA) is 49.3 Å². The first kappa shape index (κ1) is 16.5. The van der Waals surface area contributed by atoms with Crippen LogP contribution in [-0.4, -0.2) is 29.4 Å². The number of hydrogen-bond donors (Lipinski definition) is 2. The van der Waals surface area contributed by atoms with E-state index in [1.165, 1.54) is 11.1 Å². The maximum absolute atomic E-state index is 11.7. The molecule has 0 fully saturated rings. The van der Waals surface area contributed by atoms with Crippen LogP contribution in [0.3, 0.4) is 0 Å². The minimum atomic E-state index is 0.00548. The molecular formula is C14H20BrNO2S. The Balaban J connectivity index is 2.53. The van der Waals surface area contributed by atoms with E-state index in [1.54, 1.807) is 11.8 Å². The predicted molar refractivity (Wildman–Crippen MR) is 83.6 cm³/mol. The number of benzene rings is 1. The number of aliphatic hydroxyl groups is 1. The number of aliphatic hydroxyl groups excluding tert-OH is 1. The fraction of sp³-hybridized carbons (Fsp3) is 0.500. The lowest BCUT2D eigenvalue weighted by Gasteiger charge is -2.13. The first-order chi connectivity index (χ1) is 8.93. The molecule has 0 aromatic heterocycles. The Bertz CT molecular complexity index is 451. The molecule has 0 radical (unpaired) electrons. The van der Waals surface area contributed by atoms with Gasteiger partial charge in [-0.2, -0.15) is 0 Å². The highest BCUT2D eigenvalue weighted by atomic mass is 79.9. The van der Waals surface area contributed by atoms with Crippen molar-refractivity contribution in [1.29, 1.82) is 0 Å². The van der Waals surface area contributed by atoms with Crippen molar-refractivity contribution in [3.63, 3.8) is 0 Å². The minimum absolute atomic E-state index is 0.00548. The molecule has 1 rings (SSSR count). The van der Waals surface area contributed by atoms with E-state index < -0.39 is 0 Å². The molecule has 0 saturated heterocycles. The van der Waals surface area contributed by atoms with Crippen LogP contribution in [0, 0.1) is 13.8 Å². The monoisotopic (exact) mass is 345 g/mol. The predicted octanol–water partition coefficient (Wildman–Crippen LogP) is 3.05. The molecule has 1 unspecified atom stereocenters. The summed E-state index contributed by atoms with van der Waals surface area (Å²) in [6.45, 7) is 6.07. The molecule has 1 aromatic rings. The highest BCUT2D eigenvalue weighted by Crippen LogP contribution is 2.28. The second-order valence-electron chi connectivity index (χ2n) is 4.64. The van der Waals surface area contributed by atoms with Gasteiger partial charge in [0.2, 0.25) is 5.91 Å². The van der Waals surface area contributed by atoms with Crippen molar-refractivity contribution in [2.24, 2.45) is 0 Å². The maximum Gasteiger partial charge on any atom is 0.230 e. The van der Waals surface area contributed by atoms with Gasteiger partial charge in [-0.15, -0.1) is 11.8 Å². The molecule has 1 atom stereocenters. The highest BCUT2D eigenvalue weighted by molar-refractivity contribution is 9.10. The molecule has 0 bridgehead atoms. The van der Waals surface area contributed by atoms with E-state index in [2.05, 4.69) is 33.4 Å². The number of rotatable bonds is 6. The number of aryl methyl sites for hydroxylation is 2. The zero-order chi connectivity index (χ0) is 14.4. The Morgan fingerprint density at radius 1 is 1.42 bits per heavy atom. The van der Waals surface area contributed by atoms with E-state index in [9.17, 15) is 4.79 Å². The second-order valence-corrected chi connectivity index (χ2v) is 6.51. The molecule has 0 saturated carbocycles.